The third-order valence-corrected chi connectivity index (χ3v) is 3.60. The molecule has 2 aliphatic rings. The summed E-state index contributed by atoms with van der Waals surface area (Å²) in [5, 5.41) is 12.9. The van der Waals surface area contributed by atoms with Gasteiger partial charge in [-0.15, -0.1) is 0 Å². The fraction of sp³-hybridized carbons (Fsp3) is 0.300. The van der Waals surface area contributed by atoms with Gasteiger partial charge >= 0.3 is 0 Å². The molecule has 0 spiro atoms. The van der Waals surface area contributed by atoms with Gasteiger partial charge in [0.05, 0.1) is 6.10 Å². The van der Waals surface area contributed by atoms with Gasteiger partial charge in [-0.1, -0.05) is 44.2 Å². The molecule has 0 saturated carbocycles. The van der Waals surface area contributed by atoms with Crippen molar-refractivity contribution in [3.05, 3.63) is 65.5 Å². The highest BCUT2D eigenvalue weighted by atomic mass is 19.1. The van der Waals surface area contributed by atoms with Crippen LogP contribution in [0.2, 0.25) is 0 Å². The van der Waals surface area contributed by atoms with Crippen molar-refractivity contribution in [1.82, 2.24) is 5.32 Å². The summed E-state index contributed by atoms with van der Waals surface area (Å²) in [6, 6.07) is 2.91. The third kappa shape index (κ3) is 4.22. The molecule has 128 valence electrons. The van der Waals surface area contributed by atoms with E-state index in [1.807, 2.05) is 45.2 Å². The Labute approximate surface area is 142 Å². The number of hydrogen-bond acceptors (Lipinski definition) is 3. The molecule has 1 aliphatic heterocycles. The van der Waals surface area contributed by atoms with E-state index in [9.17, 15) is 9.50 Å². The number of rotatable bonds is 3. The number of allylic oxidation sites excluding steroid dienone is 4. The van der Waals surface area contributed by atoms with Crippen molar-refractivity contribution in [2.45, 2.75) is 26.1 Å². The average Bonchev–Trinajstić information content (AvgIpc) is 2.81. The smallest absolute Gasteiger partial charge is 0.135 e. The maximum Gasteiger partial charge on any atom is 0.135 e. The lowest BCUT2D eigenvalue weighted by atomic mass is 9.97. The first-order valence-electron chi connectivity index (χ1n) is 8.25. The van der Waals surface area contributed by atoms with Crippen LogP contribution in [0.4, 0.5) is 4.39 Å². The van der Waals surface area contributed by atoms with Crippen LogP contribution >= 0.6 is 0 Å². The number of hydrogen-bond donors (Lipinski definition) is 2. The summed E-state index contributed by atoms with van der Waals surface area (Å²) in [7, 11) is 1.86. The Morgan fingerprint density at radius 3 is 2.71 bits per heavy atom. The molecule has 24 heavy (non-hydrogen) atoms. The largest absolute Gasteiger partial charge is 0.484 e. The second-order valence-electron chi connectivity index (χ2n) is 5.30. The molecule has 0 radical (unpaired) electrons. The first-order chi connectivity index (χ1) is 11.7. The van der Waals surface area contributed by atoms with Gasteiger partial charge < -0.3 is 15.2 Å². The number of ether oxygens (including phenoxy) is 1. The number of aliphatic hydroxyl groups excluding tert-OH is 1. The molecule has 1 aromatic carbocycles. The molecular formula is C20H24FNO2. The molecule has 2 N–H and O–H groups in total. The van der Waals surface area contributed by atoms with E-state index in [0.29, 0.717) is 23.4 Å². The zero-order chi connectivity index (χ0) is 17.5. The molecule has 0 fully saturated rings. The highest BCUT2D eigenvalue weighted by Crippen LogP contribution is 2.36. The fourth-order valence-electron chi connectivity index (χ4n) is 2.61. The number of fused-ring (bicyclic) bond motifs is 1. The van der Waals surface area contributed by atoms with E-state index in [1.165, 1.54) is 12.1 Å². The minimum Gasteiger partial charge on any atom is -0.484 e. The molecule has 3 nitrogen and oxygen atoms in total. The topological polar surface area (TPSA) is 41.5 Å². The van der Waals surface area contributed by atoms with E-state index >= 15 is 0 Å². The van der Waals surface area contributed by atoms with Crippen LogP contribution in [-0.4, -0.2) is 30.9 Å². The maximum absolute atomic E-state index is 13.9. The molecular weight excluding hydrogens is 305 g/mol. The van der Waals surface area contributed by atoms with E-state index in [2.05, 4.69) is 5.32 Å². The van der Waals surface area contributed by atoms with Crippen LogP contribution in [0.15, 0.2) is 48.6 Å². The molecule has 2 unspecified atom stereocenters. The third-order valence-electron chi connectivity index (χ3n) is 3.60. The second-order valence-corrected chi connectivity index (χ2v) is 5.30. The standard InChI is InChI=1S/C18H18FNO2.C2H6/c1-20-11-16-7-6-13-8-14(19)10-17(18(13)22-16)12-4-2-3-5-15(21)9-12;1-2/h2-10,15-16,20-21H,11H2,1H3;1-2H3. The molecule has 2 atom stereocenters. The summed E-state index contributed by atoms with van der Waals surface area (Å²) < 4.78 is 19.9. The van der Waals surface area contributed by atoms with Gasteiger partial charge in [-0.05, 0) is 36.9 Å². The van der Waals surface area contributed by atoms with Gasteiger partial charge in [-0.2, -0.15) is 0 Å². The summed E-state index contributed by atoms with van der Waals surface area (Å²) in [6.45, 7) is 4.67. The number of likely N-dealkylation sites (N-methyl/N-ethyl adjacent to an activating group) is 1. The van der Waals surface area contributed by atoms with E-state index < -0.39 is 6.10 Å². The highest BCUT2D eigenvalue weighted by molar-refractivity contribution is 5.82. The number of benzene rings is 1. The minimum atomic E-state index is -0.698. The van der Waals surface area contributed by atoms with Crippen LogP contribution in [-0.2, 0) is 0 Å². The normalized spacial score (nSPS) is 21.1. The lowest BCUT2D eigenvalue weighted by molar-refractivity contribution is 0.243. The quantitative estimate of drug-likeness (QED) is 0.888. The van der Waals surface area contributed by atoms with Crippen molar-refractivity contribution in [2.24, 2.45) is 0 Å². The predicted molar refractivity (Wildman–Crippen MR) is 97.4 cm³/mol. The monoisotopic (exact) mass is 329 g/mol. The van der Waals surface area contributed by atoms with Crippen molar-refractivity contribution < 1.29 is 14.2 Å². The van der Waals surface area contributed by atoms with Gasteiger partial charge in [0.25, 0.3) is 0 Å². The zero-order valence-electron chi connectivity index (χ0n) is 14.3. The molecule has 0 aromatic heterocycles. The summed E-state index contributed by atoms with van der Waals surface area (Å²) in [4.78, 5) is 0. The second kappa shape index (κ2) is 8.62. The van der Waals surface area contributed by atoms with Crippen molar-refractivity contribution >= 4 is 11.6 Å². The van der Waals surface area contributed by atoms with Gasteiger partial charge in [-0.3, -0.25) is 0 Å². The first kappa shape index (κ1) is 18.2. The van der Waals surface area contributed by atoms with E-state index in [-0.39, 0.29) is 11.9 Å². The Morgan fingerprint density at radius 2 is 1.96 bits per heavy atom. The predicted octanol–water partition coefficient (Wildman–Crippen LogP) is 3.72. The Morgan fingerprint density at radius 1 is 1.17 bits per heavy atom. The molecule has 4 heteroatoms. The van der Waals surface area contributed by atoms with Gasteiger partial charge in [0.1, 0.15) is 17.7 Å². The molecule has 0 amide bonds. The lowest BCUT2D eigenvalue weighted by Gasteiger charge is -2.24. The van der Waals surface area contributed by atoms with E-state index in [0.717, 1.165) is 5.57 Å². The van der Waals surface area contributed by atoms with Crippen LogP contribution in [0, 0.1) is 5.82 Å². The van der Waals surface area contributed by atoms with Crippen molar-refractivity contribution in [3.8, 4) is 5.75 Å². The van der Waals surface area contributed by atoms with E-state index in [1.54, 1.807) is 18.2 Å². The fourth-order valence-corrected chi connectivity index (χ4v) is 2.61. The van der Waals surface area contributed by atoms with Crippen LogP contribution in [0.1, 0.15) is 25.0 Å². The van der Waals surface area contributed by atoms with Gasteiger partial charge in [-0.25, -0.2) is 4.39 Å². The minimum absolute atomic E-state index is 0.0971. The highest BCUT2D eigenvalue weighted by Gasteiger charge is 2.20. The Hall–Kier alpha value is -2.17. The van der Waals surface area contributed by atoms with Crippen molar-refractivity contribution in [3.63, 3.8) is 0 Å². The molecule has 0 saturated heterocycles. The van der Waals surface area contributed by atoms with Gasteiger partial charge in [0, 0.05) is 17.7 Å². The zero-order valence-corrected chi connectivity index (χ0v) is 14.3. The van der Waals surface area contributed by atoms with Gasteiger partial charge in [0.15, 0.2) is 0 Å². The Kier molecular flexibility index (Phi) is 6.53. The Bertz CT molecular complexity index is 689. The summed E-state index contributed by atoms with van der Waals surface area (Å²) in [6.07, 6.45) is 11.8. The SMILES string of the molecule is CC.CNCC1C=Cc2cc(F)cc(C3=CC(O)C=CC=C3)c2O1. The molecule has 1 aliphatic carbocycles. The molecule has 0 bridgehead atoms. The van der Waals surface area contributed by atoms with Crippen LogP contribution in [0.25, 0.3) is 11.6 Å². The average molecular weight is 329 g/mol. The Balaban J connectivity index is 0.00000100. The van der Waals surface area contributed by atoms with Crippen molar-refractivity contribution in [1.29, 1.82) is 0 Å². The number of aliphatic hydroxyl groups is 1. The summed E-state index contributed by atoms with van der Waals surface area (Å²) in [5.74, 6) is 0.323. The summed E-state index contributed by atoms with van der Waals surface area (Å²) >= 11 is 0. The number of halogens is 1. The lowest BCUT2D eigenvalue weighted by Crippen LogP contribution is -2.29. The number of nitrogens with one attached hydrogen (secondary N) is 1. The summed E-state index contributed by atoms with van der Waals surface area (Å²) in [5.41, 5.74) is 2.11. The van der Waals surface area contributed by atoms with Crippen LogP contribution in [0.3, 0.4) is 0 Å². The van der Waals surface area contributed by atoms with Crippen LogP contribution in [0.5, 0.6) is 5.75 Å². The molecule has 1 heterocycles. The maximum atomic E-state index is 13.9. The van der Waals surface area contributed by atoms with E-state index in [4.69, 9.17) is 4.74 Å². The van der Waals surface area contributed by atoms with Crippen LogP contribution < -0.4 is 10.1 Å². The first-order valence-corrected chi connectivity index (χ1v) is 8.25. The molecule has 3 rings (SSSR count). The van der Waals surface area contributed by atoms with Gasteiger partial charge in [0.2, 0.25) is 0 Å². The van der Waals surface area contributed by atoms with Crippen molar-refractivity contribution in [2.75, 3.05) is 13.6 Å². The molecule has 1 aromatic rings.